The van der Waals surface area contributed by atoms with Crippen molar-refractivity contribution >= 4 is 31.6 Å². The van der Waals surface area contributed by atoms with Crippen molar-refractivity contribution in [1.82, 2.24) is 4.31 Å². The van der Waals surface area contributed by atoms with E-state index in [1.54, 1.807) is 22.5 Å². The van der Waals surface area contributed by atoms with Gasteiger partial charge in [0.1, 0.15) is 0 Å². The third-order valence-corrected chi connectivity index (χ3v) is 7.64. The molecule has 0 spiro atoms. The van der Waals surface area contributed by atoms with Gasteiger partial charge in [-0.05, 0) is 65.7 Å². The fourth-order valence-corrected chi connectivity index (χ4v) is 6.54. The Morgan fingerprint density at radius 2 is 1.86 bits per heavy atom. The minimum atomic E-state index is -3.45. The fraction of sp³-hybridized carbons (Fsp3) is 0.600. The summed E-state index contributed by atoms with van der Waals surface area (Å²) in [5, 5.41) is 0. The van der Waals surface area contributed by atoms with Crippen LogP contribution in [0.5, 0.6) is 0 Å². The predicted octanol–water partition coefficient (Wildman–Crippen LogP) is 3.37. The van der Waals surface area contributed by atoms with Crippen LogP contribution in [0, 0.1) is 5.92 Å². The number of fused-ring (bicyclic) bond motifs is 1. The molecule has 1 aliphatic heterocycles. The number of benzene rings is 1. The molecule has 1 aromatic carbocycles. The van der Waals surface area contributed by atoms with Crippen LogP contribution in [-0.4, -0.2) is 25.3 Å². The fourth-order valence-electron chi connectivity index (χ4n) is 3.73. The number of nitrogens with two attached hydrogens (primary N) is 1. The van der Waals surface area contributed by atoms with E-state index >= 15 is 0 Å². The Balaban J connectivity index is 1.96. The minimum Gasteiger partial charge on any atom is -0.399 e. The number of anilines is 1. The number of rotatable bonds is 2. The van der Waals surface area contributed by atoms with Gasteiger partial charge in [0.05, 0.1) is 4.90 Å². The summed E-state index contributed by atoms with van der Waals surface area (Å²) in [7, 11) is -3.45. The van der Waals surface area contributed by atoms with Gasteiger partial charge in [-0.1, -0.05) is 12.8 Å². The van der Waals surface area contributed by atoms with Crippen LogP contribution >= 0.6 is 15.9 Å². The molecule has 3 rings (SSSR count). The van der Waals surface area contributed by atoms with Crippen molar-refractivity contribution in [2.75, 3.05) is 12.3 Å². The first-order valence-corrected chi connectivity index (χ1v) is 9.80. The lowest BCUT2D eigenvalue weighted by atomic mass is 9.79. The van der Waals surface area contributed by atoms with Gasteiger partial charge < -0.3 is 5.73 Å². The molecule has 0 radical (unpaired) electrons. The molecule has 2 atom stereocenters. The van der Waals surface area contributed by atoms with Crippen molar-refractivity contribution in [1.29, 1.82) is 0 Å². The Bertz CT molecular complexity index is 631. The molecule has 0 bridgehead atoms. The van der Waals surface area contributed by atoms with E-state index in [2.05, 4.69) is 15.9 Å². The van der Waals surface area contributed by atoms with Gasteiger partial charge in [0.25, 0.3) is 0 Å². The molecule has 21 heavy (non-hydrogen) atoms. The highest BCUT2D eigenvalue weighted by Crippen LogP contribution is 2.39. The maximum atomic E-state index is 13.0. The van der Waals surface area contributed by atoms with E-state index in [4.69, 9.17) is 5.73 Å². The third-order valence-electron chi connectivity index (χ3n) is 4.73. The van der Waals surface area contributed by atoms with Crippen LogP contribution in [0.25, 0.3) is 0 Å². The first-order valence-electron chi connectivity index (χ1n) is 7.57. The molecule has 0 unspecified atom stereocenters. The van der Waals surface area contributed by atoms with Crippen molar-refractivity contribution in [3.63, 3.8) is 0 Å². The van der Waals surface area contributed by atoms with E-state index in [1.807, 2.05) is 0 Å². The Hall–Kier alpha value is -0.590. The molecule has 6 heteroatoms. The van der Waals surface area contributed by atoms with E-state index in [9.17, 15) is 8.42 Å². The number of hydrogen-bond acceptors (Lipinski definition) is 3. The van der Waals surface area contributed by atoms with Crippen LogP contribution in [0.2, 0.25) is 0 Å². The highest BCUT2D eigenvalue weighted by molar-refractivity contribution is 9.10. The maximum Gasteiger partial charge on any atom is 0.244 e. The quantitative estimate of drug-likeness (QED) is 0.809. The zero-order valence-corrected chi connectivity index (χ0v) is 14.4. The number of sulfonamides is 1. The van der Waals surface area contributed by atoms with Gasteiger partial charge in [0, 0.05) is 22.7 Å². The summed E-state index contributed by atoms with van der Waals surface area (Å²) in [4.78, 5) is 0.336. The van der Waals surface area contributed by atoms with Gasteiger partial charge in [-0.15, -0.1) is 0 Å². The molecule has 1 heterocycles. The predicted molar refractivity (Wildman–Crippen MR) is 87.4 cm³/mol. The van der Waals surface area contributed by atoms with Gasteiger partial charge in [-0.2, -0.15) is 4.31 Å². The molecule has 0 aromatic heterocycles. The molecule has 1 aliphatic carbocycles. The zero-order chi connectivity index (χ0) is 15.0. The smallest absolute Gasteiger partial charge is 0.244 e. The van der Waals surface area contributed by atoms with E-state index in [0.29, 0.717) is 27.5 Å². The van der Waals surface area contributed by atoms with Crippen LogP contribution < -0.4 is 5.73 Å². The highest BCUT2D eigenvalue weighted by atomic mass is 79.9. The molecular weight excluding hydrogens is 352 g/mol. The van der Waals surface area contributed by atoms with Gasteiger partial charge in [-0.3, -0.25) is 0 Å². The second-order valence-electron chi connectivity index (χ2n) is 6.06. The molecule has 1 aromatic rings. The lowest BCUT2D eigenvalue weighted by Crippen LogP contribution is -2.49. The van der Waals surface area contributed by atoms with Crippen molar-refractivity contribution in [3.8, 4) is 0 Å². The number of piperidine rings is 1. The zero-order valence-electron chi connectivity index (χ0n) is 12.0. The average Bonchev–Trinajstić information content (AvgIpc) is 2.46. The molecule has 1 saturated carbocycles. The van der Waals surface area contributed by atoms with Gasteiger partial charge in [0.15, 0.2) is 0 Å². The van der Waals surface area contributed by atoms with Crippen LogP contribution in [-0.2, 0) is 10.0 Å². The third kappa shape index (κ3) is 2.85. The minimum absolute atomic E-state index is 0.182. The Kier molecular flexibility index (Phi) is 4.30. The monoisotopic (exact) mass is 372 g/mol. The highest BCUT2D eigenvalue weighted by Gasteiger charge is 2.40. The molecule has 116 valence electrons. The van der Waals surface area contributed by atoms with E-state index in [1.165, 1.54) is 19.3 Å². The number of halogens is 1. The van der Waals surface area contributed by atoms with Crippen molar-refractivity contribution in [2.45, 2.75) is 49.5 Å². The molecule has 2 fully saturated rings. The van der Waals surface area contributed by atoms with Gasteiger partial charge in [0.2, 0.25) is 10.0 Å². The van der Waals surface area contributed by atoms with Crippen molar-refractivity contribution < 1.29 is 8.42 Å². The molecule has 1 saturated heterocycles. The molecular formula is C15H21BrN2O2S. The SMILES string of the molecule is Nc1ccc(S(=O)(=O)N2CCC[C@H]3CCCC[C@H]32)c(Br)c1. The average molecular weight is 373 g/mol. The van der Waals surface area contributed by atoms with Crippen LogP contribution in [0.4, 0.5) is 5.69 Å². The summed E-state index contributed by atoms with van der Waals surface area (Å²) in [5.41, 5.74) is 6.28. The van der Waals surface area contributed by atoms with Crippen LogP contribution in [0.3, 0.4) is 0 Å². The topological polar surface area (TPSA) is 63.4 Å². The van der Waals surface area contributed by atoms with Gasteiger partial charge in [-0.25, -0.2) is 8.42 Å². The van der Waals surface area contributed by atoms with Crippen LogP contribution in [0.15, 0.2) is 27.6 Å². The van der Waals surface area contributed by atoms with Gasteiger partial charge >= 0.3 is 0 Å². The summed E-state index contributed by atoms with van der Waals surface area (Å²) in [6, 6.07) is 5.11. The summed E-state index contributed by atoms with van der Waals surface area (Å²) in [6.07, 6.45) is 6.67. The lowest BCUT2D eigenvalue weighted by Gasteiger charge is -2.43. The standard InChI is InChI=1S/C15H21BrN2O2S/c16-13-10-12(17)7-8-15(13)21(19,20)18-9-3-5-11-4-1-2-6-14(11)18/h7-8,10-11,14H,1-6,9,17H2/t11-,14-/m1/s1. The number of nitrogen functional groups attached to an aromatic ring is 1. The lowest BCUT2D eigenvalue weighted by molar-refractivity contribution is 0.129. The second-order valence-corrected chi connectivity index (χ2v) is 8.77. The molecule has 2 N–H and O–H groups in total. The maximum absolute atomic E-state index is 13.0. The summed E-state index contributed by atoms with van der Waals surface area (Å²) in [6.45, 7) is 0.639. The van der Waals surface area contributed by atoms with Crippen molar-refractivity contribution in [3.05, 3.63) is 22.7 Å². The van der Waals surface area contributed by atoms with Crippen molar-refractivity contribution in [2.24, 2.45) is 5.92 Å². The normalized spacial score (nSPS) is 27.3. The molecule has 2 aliphatic rings. The molecule has 0 amide bonds. The number of hydrogen-bond donors (Lipinski definition) is 1. The second kappa shape index (κ2) is 5.89. The summed E-state index contributed by atoms with van der Waals surface area (Å²) < 4.78 is 28.4. The van der Waals surface area contributed by atoms with E-state index in [0.717, 1.165) is 19.3 Å². The summed E-state index contributed by atoms with van der Waals surface area (Å²) in [5.74, 6) is 0.537. The largest absolute Gasteiger partial charge is 0.399 e. The van der Waals surface area contributed by atoms with Crippen LogP contribution in [0.1, 0.15) is 38.5 Å². The Morgan fingerprint density at radius 1 is 1.14 bits per heavy atom. The first-order chi connectivity index (χ1) is 10.00. The Labute approximate surface area is 134 Å². The Morgan fingerprint density at radius 3 is 2.62 bits per heavy atom. The first kappa shape index (κ1) is 15.3. The molecule has 4 nitrogen and oxygen atoms in total. The summed E-state index contributed by atoms with van der Waals surface area (Å²) >= 11 is 3.35. The van der Waals surface area contributed by atoms with E-state index < -0.39 is 10.0 Å². The number of nitrogens with zero attached hydrogens (tertiary/aromatic N) is 1. The van der Waals surface area contributed by atoms with E-state index in [-0.39, 0.29) is 6.04 Å².